The lowest BCUT2D eigenvalue weighted by molar-refractivity contribution is 0.563. The quantitative estimate of drug-likeness (QED) is 0.888. The van der Waals surface area contributed by atoms with Crippen LogP contribution in [0.3, 0.4) is 0 Å². The van der Waals surface area contributed by atoms with E-state index in [1.165, 1.54) is 12.3 Å². The molecule has 0 saturated heterocycles. The number of nitrogens with zero attached hydrogens (tertiary/aromatic N) is 2. The molecule has 1 N–H and O–H groups in total. The fourth-order valence-electron chi connectivity index (χ4n) is 1.37. The van der Waals surface area contributed by atoms with E-state index < -0.39 is 0 Å². The Balaban J connectivity index is 1.95. The van der Waals surface area contributed by atoms with Gasteiger partial charge in [0.2, 0.25) is 0 Å². The van der Waals surface area contributed by atoms with E-state index >= 15 is 0 Å². The summed E-state index contributed by atoms with van der Waals surface area (Å²) in [7, 11) is 0. The van der Waals surface area contributed by atoms with E-state index in [0.29, 0.717) is 0 Å². The SMILES string of the molecule is C[C@H](NCc1cncs1)c1cncc(F)c1. The molecule has 0 radical (unpaired) electrons. The molecule has 0 aliphatic carbocycles. The normalized spacial score (nSPS) is 12.6. The van der Waals surface area contributed by atoms with E-state index in [0.717, 1.165) is 17.0 Å². The number of halogens is 1. The number of aromatic nitrogens is 2. The molecule has 0 aromatic carbocycles. The minimum atomic E-state index is -0.302. The lowest BCUT2D eigenvalue weighted by Gasteiger charge is -2.12. The number of nitrogens with one attached hydrogen (secondary N) is 1. The second-order valence-electron chi connectivity index (χ2n) is 3.51. The highest BCUT2D eigenvalue weighted by Gasteiger charge is 2.06. The van der Waals surface area contributed by atoms with Crippen LogP contribution >= 0.6 is 11.3 Å². The summed E-state index contributed by atoms with van der Waals surface area (Å²) < 4.78 is 12.9. The molecule has 3 nitrogen and oxygen atoms in total. The predicted molar refractivity (Wildman–Crippen MR) is 61.6 cm³/mol. The number of hydrogen-bond donors (Lipinski definition) is 1. The topological polar surface area (TPSA) is 37.8 Å². The van der Waals surface area contributed by atoms with Gasteiger partial charge in [-0.2, -0.15) is 0 Å². The maximum atomic E-state index is 12.9. The second kappa shape index (κ2) is 5.14. The molecule has 16 heavy (non-hydrogen) atoms. The Bertz CT molecular complexity index is 444. The zero-order valence-electron chi connectivity index (χ0n) is 8.85. The summed E-state index contributed by atoms with van der Waals surface area (Å²) in [4.78, 5) is 8.98. The van der Waals surface area contributed by atoms with Crippen LogP contribution in [-0.2, 0) is 6.54 Å². The number of rotatable bonds is 4. The maximum Gasteiger partial charge on any atom is 0.141 e. The predicted octanol–water partition coefficient (Wildman–Crippen LogP) is 2.53. The van der Waals surface area contributed by atoms with Crippen LogP contribution < -0.4 is 5.32 Å². The summed E-state index contributed by atoms with van der Waals surface area (Å²) in [6, 6.07) is 1.57. The van der Waals surface area contributed by atoms with Crippen molar-refractivity contribution >= 4 is 11.3 Å². The molecule has 0 aliphatic rings. The zero-order valence-corrected chi connectivity index (χ0v) is 9.67. The number of thiazole rings is 1. The van der Waals surface area contributed by atoms with Crippen molar-refractivity contribution in [3.63, 3.8) is 0 Å². The number of pyridine rings is 1. The standard InChI is InChI=1S/C11H12FN3S/c1-8(9-2-10(12)4-13-3-9)15-6-11-5-14-7-16-11/h2-5,7-8,15H,6H2,1H3/t8-/m0/s1. The highest BCUT2D eigenvalue weighted by atomic mass is 32.1. The first-order valence-corrected chi connectivity index (χ1v) is 5.85. The summed E-state index contributed by atoms with van der Waals surface area (Å²) >= 11 is 1.60. The van der Waals surface area contributed by atoms with E-state index in [-0.39, 0.29) is 11.9 Å². The summed E-state index contributed by atoms with van der Waals surface area (Å²) in [5.74, 6) is -0.302. The Labute approximate surface area is 97.4 Å². The van der Waals surface area contributed by atoms with Crippen molar-refractivity contribution in [3.8, 4) is 0 Å². The van der Waals surface area contributed by atoms with Gasteiger partial charge in [0.05, 0.1) is 11.7 Å². The summed E-state index contributed by atoms with van der Waals surface area (Å²) in [6.45, 7) is 2.72. The van der Waals surface area contributed by atoms with Crippen molar-refractivity contribution in [1.29, 1.82) is 0 Å². The lowest BCUT2D eigenvalue weighted by atomic mass is 10.1. The third-order valence-electron chi connectivity index (χ3n) is 2.29. The molecule has 0 bridgehead atoms. The second-order valence-corrected chi connectivity index (χ2v) is 4.48. The molecule has 0 amide bonds. The molecule has 1 atom stereocenters. The Hall–Kier alpha value is -1.33. The van der Waals surface area contributed by atoms with Gasteiger partial charge in [0.15, 0.2) is 0 Å². The monoisotopic (exact) mass is 237 g/mol. The van der Waals surface area contributed by atoms with Crippen LogP contribution in [0.4, 0.5) is 4.39 Å². The molecule has 5 heteroatoms. The van der Waals surface area contributed by atoms with Crippen molar-refractivity contribution in [2.75, 3.05) is 0 Å². The molecule has 2 aromatic rings. The maximum absolute atomic E-state index is 12.9. The summed E-state index contributed by atoms with van der Waals surface area (Å²) in [5.41, 5.74) is 2.65. The van der Waals surface area contributed by atoms with Gasteiger partial charge in [0, 0.05) is 29.9 Å². The Morgan fingerprint density at radius 2 is 2.25 bits per heavy atom. The van der Waals surface area contributed by atoms with E-state index in [4.69, 9.17) is 0 Å². The lowest BCUT2D eigenvalue weighted by Crippen LogP contribution is -2.17. The molecule has 84 valence electrons. The number of hydrogen-bond acceptors (Lipinski definition) is 4. The molecule has 2 heterocycles. The summed E-state index contributed by atoms with van der Waals surface area (Å²) in [6.07, 6.45) is 4.71. The van der Waals surface area contributed by atoms with E-state index in [1.807, 2.05) is 13.1 Å². The fourth-order valence-corrected chi connectivity index (χ4v) is 1.91. The van der Waals surface area contributed by atoms with Gasteiger partial charge in [-0.25, -0.2) is 4.39 Å². The smallest absolute Gasteiger partial charge is 0.141 e. The molecular formula is C11H12FN3S. The first-order chi connectivity index (χ1) is 7.75. The van der Waals surface area contributed by atoms with Gasteiger partial charge in [-0.05, 0) is 18.6 Å². The van der Waals surface area contributed by atoms with Gasteiger partial charge in [0.25, 0.3) is 0 Å². The minimum absolute atomic E-state index is 0.0744. The highest BCUT2D eigenvalue weighted by molar-refractivity contribution is 7.09. The van der Waals surface area contributed by atoms with Crippen molar-refractivity contribution in [1.82, 2.24) is 15.3 Å². The van der Waals surface area contributed by atoms with Gasteiger partial charge >= 0.3 is 0 Å². The Morgan fingerprint density at radius 1 is 1.38 bits per heavy atom. The molecule has 0 unspecified atom stereocenters. The Kier molecular flexibility index (Phi) is 3.58. The third-order valence-corrected chi connectivity index (χ3v) is 3.07. The molecule has 0 saturated carbocycles. The van der Waals surface area contributed by atoms with E-state index in [9.17, 15) is 4.39 Å². The largest absolute Gasteiger partial charge is 0.305 e. The first kappa shape index (κ1) is 11.2. The molecule has 2 aromatic heterocycles. The average molecular weight is 237 g/mol. The molecule has 0 aliphatic heterocycles. The van der Waals surface area contributed by atoms with Gasteiger partial charge in [-0.1, -0.05) is 0 Å². The van der Waals surface area contributed by atoms with Crippen molar-refractivity contribution < 1.29 is 4.39 Å². The van der Waals surface area contributed by atoms with Crippen LogP contribution in [0.1, 0.15) is 23.4 Å². The van der Waals surface area contributed by atoms with Crippen molar-refractivity contribution in [3.05, 3.63) is 46.4 Å². The van der Waals surface area contributed by atoms with Gasteiger partial charge in [-0.15, -0.1) is 11.3 Å². The van der Waals surface area contributed by atoms with Crippen LogP contribution in [-0.4, -0.2) is 9.97 Å². The zero-order chi connectivity index (χ0) is 11.4. The highest BCUT2D eigenvalue weighted by Crippen LogP contribution is 2.13. The van der Waals surface area contributed by atoms with Gasteiger partial charge in [0.1, 0.15) is 5.82 Å². The molecule has 2 rings (SSSR count). The molecular weight excluding hydrogens is 225 g/mol. The summed E-state index contributed by atoms with van der Waals surface area (Å²) in [5, 5.41) is 3.29. The van der Waals surface area contributed by atoms with E-state index in [2.05, 4.69) is 15.3 Å². The van der Waals surface area contributed by atoms with Crippen LogP contribution in [0.5, 0.6) is 0 Å². The average Bonchev–Trinajstić information content (AvgIpc) is 2.78. The van der Waals surface area contributed by atoms with Gasteiger partial charge in [-0.3, -0.25) is 9.97 Å². The van der Waals surface area contributed by atoms with Crippen LogP contribution in [0.2, 0.25) is 0 Å². The van der Waals surface area contributed by atoms with Crippen LogP contribution in [0.25, 0.3) is 0 Å². The molecule has 0 fully saturated rings. The Morgan fingerprint density at radius 3 is 2.94 bits per heavy atom. The van der Waals surface area contributed by atoms with E-state index in [1.54, 1.807) is 23.0 Å². The minimum Gasteiger partial charge on any atom is -0.305 e. The molecule has 0 spiro atoms. The van der Waals surface area contributed by atoms with Crippen LogP contribution in [0.15, 0.2) is 30.2 Å². The van der Waals surface area contributed by atoms with Crippen molar-refractivity contribution in [2.45, 2.75) is 19.5 Å². The van der Waals surface area contributed by atoms with Crippen LogP contribution in [0, 0.1) is 5.82 Å². The third kappa shape index (κ3) is 2.84. The van der Waals surface area contributed by atoms with Gasteiger partial charge < -0.3 is 5.32 Å². The fraction of sp³-hybridized carbons (Fsp3) is 0.273. The first-order valence-electron chi connectivity index (χ1n) is 4.97. The van der Waals surface area contributed by atoms with Crippen molar-refractivity contribution in [2.24, 2.45) is 0 Å².